The maximum atomic E-state index is 9.56. The topological polar surface area (TPSA) is 61.5 Å². The molecular formula is C15H29N3O. The van der Waals surface area contributed by atoms with Gasteiger partial charge in [-0.25, -0.2) is 0 Å². The zero-order chi connectivity index (χ0) is 13.3. The van der Waals surface area contributed by atoms with Crippen LogP contribution in [0.5, 0.6) is 0 Å². The van der Waals surface area contributed by atoms with Crippen LogP contribution in [0.3, 0.4) is 0 Å². The van der Waals surface area contributed by atoms with E-state index in [0.717, 1.165) is 19.1 Å². The molecule has 3 unspecified atom stereocenters. The fourth-order valence-electron chi connectivity index (χ4n) is 4.01. The van der Waals surface area contributed by atoms with Gasteiger partial charge in [0, 0.05) is 43.9 Å². The second kappa shape index (κ2) is 5.68. The summed E-state index contributed by atoms with van der Waals surface area (Å²) >= 11 is 0. The monoisotopic (exact) mass is 267 g/mol. The molecule has 0 aromatic heterocycles. The van der Waals surface area contributed by atoms with Crippen molar-refractivity contribution in [3.63, 3.8) is 0 Å². The lowest BCUT2D eigenvalue weighted by molar-refractivity contribution is 0.127. The van der Waals surface area contributed by atoms with E-state index in [9.17, 15) is 5.11 Å². The quantitative estimate of drug-likeness (QED) is 0.686. The molecule has 4 heteroatoms. The molecule has 3 fully saturated rings. The molecule has 2 aliphatic carbocycles. The van der Waals surface area contributed by atoms with Gasteiger partial charge in [0.05, 0.1) is 0 Å². The summed E-state index contributed by atoms with van der Waals surface area (Å²) in [5.74, 6) is 0.437. The number of aliphatic hydroxyl groups excluding tert-OH is 1. The van der Waals surface area contributed by atoms with E-state index < -0.39 is 0 Å². The molecule has 3 aliphatic rings. The van der Waals surface area contributed by atoms with Gasteiger partial charge in [-0.05, 0) is 38.0 Å². The van der Waals surface area contributed by atoms with Crippen molar-refractivity contribution in [2.24, 2.45) is 11.7 Å². The Morgan fingerprint density at radius 3 is 2.68 bits per heavy atom. The van der Waals surface area contributed by atoms with Crippen molar-refractivity contribution in [3.05, 3.63) is 0 Å². The van der Waals surface area contributed by atoms with Crippen LogP contribution >= 0.6 is 0 Å². The van der Waals surface area contributed by atoms with E-state index in [1.165, 1.54) is 51.5 Å². The van der Waals surface area contributed by atoms with E-state index in [4.69, 9.17) is 5.73 Å². The Bertz CT molecular complexity index is 308. The molecule has 0 aromatic rings. The van der Waals surface area contributed by atoms with E-state index in [1.54, 1.807) is 0 Å². The van der Waals surface area contributed by atoms with Crippen molar-refractivity contribution in [2.75, 3.05) is 26.2 Å². The fraction of sp³-hybridized carbons (Fsp3) is 1.00. The van der Waals surface area contributed by atoms with E-state index >= 15 is 0 Å². The summed E-state index contributed by atoms with van der Waals surface area (Å²) in [6, 6.07) is 1.32. The number of hydrogen-bond acceptors (Lipinski definition) is 4. The number of nitrogens with one attached hydrogen (secondary N) is 1. The predicted molar refractivity (Wildman–Crippen MR) is 77.0 cm³/mol. The number of hydrogen-bond donors (Lipinski definition) is 3. The minimum atomic E-state index is 0.109. The molecule has 4 N–H and O–H groups in total. The lowest BCUT2D eigenvalue weighted by atomic mass is 9.83. The van der Waals surface area contributed by atoms with Crippen LogP contribution in [-0.4, -0.2) is 53.9 Å². The molecular weight excluding hydrogens is 238 g/mol. The third-order valence-corrected chi connectivity index (χ3v) is 5.47. The Morgan fingerprint density at radius 1 is 1.21 bits per heavy atom. The Labute approximate surface area is 116 Å². The summed E-state index contributed by atoms with van der Waals surface area (Å²) in [4.78, 5) is 2.62. The molecule has 2 saturated carbocycles. The van der Waals surface area contributed by atoms with Gasteiger partial charge in [-0.15, -0.1) is 0 Å². The van der Waals surface area contributed by atoms with E-state index in [-0.39, 0.29) is 5.54 Å². The number of rotatable bonds is 5. The van der Waals surface area contributed by atoms with Gasteiger partial charge < -0.3 is 16.2 Å². The van der Waals surface area contributed by atoms with Crippen molar-refractivity contribution in [3.8, 4) is 0 Å². The maximum absolute atomic E-state index is 9.56. The molecule has 4 nitrogen and oxygen atoms in total. The zero-order valence-corrected chi connectivity index (χ0v) is 12.0. The van der Waals surface area contributed by atoms with Crippen molar-refractivity contribution in [1.82, 2.24) is 10.2 Å². The van der Waals surface area contributed by atoms with E-state index in [1.807, 2.05) is 0 Å². The normalized spacial score (nSPS) is 40.7. The smallest absolute Gasteiger partial charge is 0.0474 e. The van der Waals surface area contributed by atoms with Gasteiger partial charge in [0.15, 0.2) is 0 Å². The van der Waals surface area contributed by atoms with E-state index in [0.29, 0.717) is 18.6 Å². The van der Waals surface area contributed by atoms with Crippen LogP contribution < -0.4 is 11.1 Å². The molecule has 0 bridgehead atoms. The van der Waals surface area contributed by atoms with Crippen LogP contribution in [0.15, 0.2) is 0 Å². The van der Waals surface area contributed by atoms with Gasteiger partial charge in [0.1, 0.15) is 0 Å². The standard InChI is InChI=1S/C15H29N3O/c16-10-15(7-8-18(11-15)13-5-6-13)17-14-4-2-1-3-12(14)9-19/h12-14,17,19H,1-11,16H2. The second-order valence-corrected chi connectivity index (χ2v) is 6.91. The van der Waals surface area contributed by atoms with Crippen molar-refractivity contribution in [1.29, 1.82) is 0 Å². The van der Waals surface area contributed by atoms with Gasteiger partial charge in [-0.2, -0.15) is 0 Å². The number of nitrogens with zero attached hydrogens (tertiary/aromatic N) is 1. The van der Waals surface area contributed by atoms with E-state index in [2.05, 4.69) is 10.2 Å². The van der Waals surface area contributed by atoms with Crippen molar-refractivity contribution in [2.45, 2.75) is 62.6 Å². The van der Waals surface area contributed by atoms with Gasteiger partial charge in [-0.3, -0.25) is 4.90 Å². The van der Waals surface area contributed by atoms with Crippen LogP contribution in [0.2, 0.25) is 0 Å². The fourth-order valence-corrected chi connectivity index (χ4v) is 4.01. The molecule has 3 atom stereocenters. The highest BCUT2D eigenvalue weighted by Gasteiger charge is 2.44. The predicted octanol–water partition coefficient (Wildman–Crippen LogP) is 0.693. The molecule has 0 aromatic carbocycles. The average Bonchev–Trinajstić information content (AvgIpc) is 3.22. The highest BCUT2D eigenvalue weighted by atomic mass is 16.3. The van der Waals surface area contributed by atoms with Gasteiger partial charge in [0.2, 0.25) is 0 Å². The molecule has 3 rings (SSSR count). The lowest BCUT2D eigenvalue weighted by Gasteiger charge is -2.39. The van der Waals surface area contributed by atoms with Crippen LogP contribution in [0.25, 0.3) is 0 Å². The maximum Gasteiger partial charge on any atom is 0.0474 e. The van der Waals surface area contributed by atoms with Crippen LogP contribution in [0, 0.1) is 5.92 Å². The average molecular weight is 267 g/mol. The Kier molecular flexibility index (Phi) is 4.13. The first kappa shape index (κ1) is 13.8. The van der Waals surface area contributed by atoms with Gasteiger partial charge in [0.25, 0.3) is 0 Å². The first-order valence-electron chi connectivity index (χ1n) is 8.09. The summed E-state index contributed by atoms with van der Waals surface area (Å²) in [6.45, 7) is 3.36. The van der Waals surface area contributed by atoms with Gasteiger partial charge in [-0.1, -0.05) is 12.8 Å². The Morgan fingerprint density at radius 2 is 2.00 bits per heavy atom. The molecule has 0 radical (unpaired) electrons. The van der Waals surface area contributed by atoms with Crippen molar-refractivity contribution >= 4 is 0 Å². The minimum absolute atomic E-state index is 0.109. The Balaban J connectivity index is 1.62. The van der Waals surface area contributed by atoms with Gasteiger partial charge >= 0.3 is 0 Å². The number of likely N-dealkylation sites (tertiary alicyclic amines) is 1. The second-order valence-electron chi connectivity index (χ2n) is 6.91. The molecule has 1 aliphatic heterocycles. The highest BCUT2D eigenvalue weighted by Crippen LogP contribution is 2.34. The van der Waals surface area contributed by atoms with Crippen LogP contribution in [0.4, 0.5) is 0 Å². The molecule has 0 amide bonds. The summed E-state index contributed by atoms with van der Waals surface area (Å²) in [6.07, 6.45) is 8.87. The third-order valence-electron chi connectivity index (χ3n) is 5.47. The largest absolute Gasteiger partial charge is 0.396 e. The van der Waals surface area contributed by atoms with Crippen LogP contribution in [0.1, 0.15) is 44.9 Å². The first-order valence-corrected chi connectivity index (χ1v) is 8.09. The number of nitrogens with two attached hydrogens (primary N) is 1. The van der Waals surface area contributed by atoms with Crippen molar-refractivity contribution < 1.29 is 5.11 Å². The van der Waals surface area contributed by atoms with Crippen LogP contribution in [-0.2, 0) is 0 Å². The molecule has 1 saturated heterocycles. The summed E-state index contributed by atoms with van der Waals surface area (Å²) in [5, 5.41) is 13.4. The zero-order valence-electron chi connectivity index (χ0n) is 12.0. The summed E-state index contributed by atoms with van der Waals surface area (Å²) in [5.41, 5.74) is 6.21. The lowest BCUT2D eigenvalue weighted by Crippen LogP contribution is -2.59. The third kappa shape index (κ3) is 2.97. The number of aliphatic hydroxyl groups is 1. The molecule has 19 heavy (non-hydrogen) atoms. The molecule has 0 spiro atoms. The molecule has 110 valence electrons. The molecule has 1 heterocycles. The summed E-state index contributed by atoms with van der Waals surface area (Å²) < 4.78 is 0. The first-order chi connectivity index (χ1) is 9.26. The summed E-state index contributed by atoms with van der Waals surface area (Å²) in [7, 11) is 0. The minimum Gasteiger partial charge on any atom is -0.396 e. The SMILES string of the molecule is NCC1(NC2CCCCC2CO)CCN(C2CC2)C1. The Hall–Kier alpha value is -0.160. The highest BCUT2D eigenvalue weighted by molar-refractivity contribution is 5.04.